The molecule has 0 spiro atoms. The summed E-state index contributed by atoms with van der Waals surface area (Å²) in [5, 5.41) is 10.6. The fraction of sp³-hybridized carbons (Fsp3) is 0.562. The van der Waals surface area contributed by atoms with Crippen LogP contribution >= 0.6 is 12.4 Å². The van der Waals surface area contributed by atoms with E-state index in [0.717, 1.165) is 6.42 Å². The van der Waals surface area contributed by atoms with Crippen LogP contribution < -0.4 is 5.73 Å². The zero-order valence-corrected chi connectivity index (χ0v) is 13.3. The smallest absolute Gasteiger partial charge is 0.223 e. The van der Waals surface area contributed by atoms with Gasteiger partial charge in [0.25, 0.3) is 0 Å². The van der Waals surface area contributed by atoms with E-state index in [-0.39, 0.29) is 24.2 Å². The van der Waals surface area contributed by atoms with Crippen LogP contribution in [0.5, 0.6) is 0 Å². The summed E-state index contributed by atoms with van der Waals surface area (Å²) in [5.74, 6) is 0.168. The first-order chi connectivity index (χ1) is 9.53. The van der Waals surface area contributed by atoms with Crippen LogP contribution in [0, 0.1) is 5.92 Å². The van der Waals surface area contributed by atoms with Gasteiger partial charge in [0.1, 0.15) is 0 Å². The summed E-state index contributed by atoms with van der Waals surface area (Å²) in [7, 11) is 0. The maximum atomic E-state index is 12.0. The summed E-state index contributed by atoms with van der Waals surface area (Å²) >= 11 is 0. The minimum Gasteiger partial charge on any atom is -0.390 e. The number of hydrogen-bond donors (Lipinski definition) is 2. The molecule has 0 bridgehead atoms. The van der Waals surface area contributed by atoms with Crippen LogP contribution in [0.1, 0.15) is 25.3 Å². The first-order valence-corrected chi connectivity index (χ1v) is 7.27. The van der Waals surface area contributed by atoms with E-state index in [1.54, 1.807) is 0 Å². The van der Waals surface area contributed by atoms with Crippen LogP contribution in [-0.2, 0) is 11.2 Å². The minimum atomic E-state index is -0.713. The fourth-order valence-corrected chi connectivity index (χ4v) is 2.81. The lowest BCUT2D eigenvalue weighted by atomic mass is 9.79. The average Bonchev–Trinajstić information content (AvgIpc) is 2.42. The van der Waals surface area contributed by atoms with Crippen molar-refractivity contribution in [3.63, 3.8) is 0 Å². The van der Waals surface area contributed by atoms with Crippen molar-refractivity contribution in [1.29, 1.82) is 0 Å². The van der Waals surface area contributed by atoms with Crippen molar-refractivity contribution in [2.75, 3.05) is 19.6 Å². The van der Waals surface area contributed by atoms with Gasteiger partial charge in [0, 0.05) is 32.0 Å². The van der Waals surface area contributed by atoms with Crippen LogP contribution in [0.3, 0.4) is 0 Å². The fourth-order valence-electron chi connectivity index (χ4n) is 2.81. The van der Waals surface area contributed by atoms with Crippen LogP contribution in [0.15, 0.2) is 30.3 Å². The lowest BCUT2D eigenvalue weighted by Crippen LogP contribution is -2.52. The lowest BCUT2D eigenvalue weighted by molar-refractivity contribution is -0.138. The quantitative estimate of drug-likeness (QED) is 0.887. The topological polar surface area (TPSA) is 66.6 Å². The number of piperidine rings is 1. The molecule has 0 unspecified atom stereocenters. The molecule has 1 aliphatic rings. The van der Waals surface area contributed by atoms with E-state index < -0.39 is 5.60 Å². The number of aliphatic hydroxyl groups is 1. The Labute approximate surface area is 132 Å². The number of amides is 1. The van der Waals surface area contributed by atoms with Crippen LogP contribution in [0.4, 0.5) is 0 Å². The van der Waals surface area contributed by atoms with Crippen molar-refractivity contribution >= 4 is 18.3 Å². The Hall–Kier alpha value is -1.10. The van der Waals surface area contributed by atoms with Crippen molar-refractivity contribution in [3.8, 4) is 0 Å². The molecule has 2 rings (SSSR count). The van der Waals surface area contributed by atoms with Gasteiger partial charge >= 0.3 is 0 Å². The molecule has 1 amide bonds. The zero-order valence-electron chi connectivity index (χ0n) is 12.5. The van der Waals surface area contributed by atoms with Gasteiger partial charge in [0.15, 0.2) is 0 Å². The molecule has 3 N–H and O–H groups in total. The molecule has 2 atom stereocenters. The van der Waals surface area contributed by atoms with Crippen LogP contribution in [-0.4, -0.2) is 41.1 Å². The van der Waals surface area contributed by atoms with E-state index >= 15 is 0 Å². The highest BCUT2D eigenvalue weighted by atomic mass is 35.5. The second-order valence-corrected chi connectivity index (χ2v) is 5.87. The lowest BCUT2D eigenvalue weighted by Gasteiger charge is -2.43. The predicted octanol–water partition coefficient (Wildman–Crippen LogP) is 1.60. The number of carbonyl (C=O) groups is 1. The number of nitrogens with two attached hydrogens (primary N) is 1. The van der Waals surface area contributed by atoms with E-state index in [4.69, 9.17) is 5.73 Å². The Morgan fingerprint density at radius 2 is 2.10 bits per heavy atom. The first-order valence-electron chi connectivity index (χ1n) is 7.27. The molecule has 21 heavy (non-hydrogen) atoms. The maximum Gasteiger partial charge on any atom is 0.223 e. The normalized spacial score (nSPS) is 25.3. The molecule has 1 aliphatic heterocycles. The van der Waals surface area contributed by atoms with Crippen molar-refractivity contribution in [2.24, 2.45) is 11.7 Å². The number of carbonyl (C=O) groups excluding carboxylic acids is 1. The van der Waals surface area contributed by atoms with Gasteiger partial charge in [0.2, 0.25) is 5.91 Å². The second-order valence-electron chi connectivity index (χ2n) is 5.87. The molecule has 1 heterocycles. The Kier molecular flexibility index (Phi) is 6.65. The highest BCUT2D eigenvalue weighted by Crippen LogP contribution is 2.30. The van der Waals surface area contributed by atoms with Crippen LogP contribution in [0.25, 0.3) is 0 Å². The van der Waals surface area contributed by atoms with Crippen molar-refractivity contribution in [3.05, 3.63) is 35.9 Å². The summed E-state index contributed by atoms with van der Waals surface area (Å²) in [4.78, 5) is 13.8. The third-order valence-corrected chi connectivity index (χ3v) is 4.24. The molecule has 0 saturated carbocycles. The van der Waals surface area contributed by atoms with Gasteiger partial charge in [-0.3, -0.25) is 4.79 Å². The Balaban J connectivity index is 0.00000220. The molecule has 4 nitrogen and oxygen atoms in total. The Morgan fingerprint density at radius 3 is 2.71 bits per heavy atom. The van der Waals surface area contributed by atoms with Crippen molar-refractivity contribution < 1.29 is 9.90 Å². The van der Waals surface area contributed by atoms with E-state index in [0.29, 0.717) is 32.5 Å². The minimum absolute atomic E-state index is 0. The monoisotopic (exact) mass is 312 g/mol. The summed E-state index contributed by atoms with van der Waals surface area (Å²) in [6.07, 6.45) is 1.81. The Morgan fingerprint density at radius 1 is 1.43 bits per heavy atom. The largest absolute Gasteiger partial charge is 0.390 e. The highest BCUT2D eigenvalue weighted by molar-refractivity contribution is 5.85. The summed E-state index contributed by atoms with van der Waals surface area (Å²) in [6.45, 7) is 3.50. The number of nitrogens with zero attached hydrogens (tertiary/aromatic N) is 1. The number of halogens is 1. The average molecular weight is 313 g/mol. The number of rotatable bonds is 4. The van der Waals surface area contributed by atoms with E-state index in [1.165, 1.54) is 5.56 Å². The maximum absolute atomic E-state index is 12.0. The van der Waals surface area contributed by atoms with Crippen molar-refractivity contribution in [1.82, 2.24) is 4.90 Å². The van der Waals surface area contributed by atoms with Gasteiger partial charge < -0.3 is 15.7 Å². The Bertz CT molecular complexity index is 451. The molecule has 0 radical (unpaired) electrons. The molecule has 0 aromatic heterocycles. The molecular weight excluding hydrogens is 288 g/mol. The SMILES string of the molecule is C[C@@]1(O)CCN(C(=O)CCN)C[C@@H]1Cc1ccccc1.Cl. The van der Waals surface area contributed by atoms with Gasteiger partial charge in [-0.1, -0.05) is 30.3 Å². The second kappa shape index (κ2) is 7.78. The summed E-state index contributed by atoms with van der Waals surface area (Å²) in [5.41, 5.74) is 5.94. The van der Waals surface area contributed by atoms with Gasteiger partial charge in [-0.2, -0.15) is 0 Å². The predicted molar refractivity (Wildman–Crippen MR) is 86.4 cm³/mol. The molecule has 1 saturated heterocycles. The van der Waals surface area contributed by atoms with E-state index in [9.17, 15) is 9.90 Å². The molecule has 0 aliphatic carbocycles. The molecular formula is C16H25ClN2O2. The molecule has 1 aromatic rings. The summed E-state index contributed by atoms with van der Waals surface area (Å²) in [6, 6.07) is 10.1. The van der Waals surface area contributed by atoms with Gasteiger partial charge in [-0.25, -0.2) is 0 Å². The van der Waals surface area contributed by atoms with Crippen molar-refractivity contribution in [2.45, 2.75) is 31.8 Å². The third kappa shape index (κ3) is 4.70. The molecule has 118 valence electrons. The number of benzene rings is 1. The standard InChI is InChI=1S/C16H24N2O2.ClH/c1-16(20)8-10-18(15(19)7-9-17)12-14(16)11-13-5-3-2-4-6-13;/h2-6,14,20H,7-12,17H2,1H3;1H/t14-,16+;/m0./s1. The van der Waals surface area contributed by atoms with Gasteiger partial charge in [0.05, 0.1) is 5.60 Å². The molecule has 5 heteroatoms. The van der Waals surface area contributed by atoms with E-state index in [1.807, 2.05) is 30.0 Å². The molecule has 1 fully saturated rings. The highest BCUT2D eigenvalue weighted by Gasteiger charge is 2.38. The third-order valence-electron chi connectivity index (χ3n) is 4.24. The first kappa shape index (κ1) is 18.0. The molecule has 1 aromatic carbocycles. The van der Waals surface area contributed by atoms with Crippen LogP contribution in [0.2, 0.25) is 0 Å². The van der Waals surface area contributed by atoms with Gasteiger partial charge in [-0.05, 0) is 25.3 Å². The van der Waals surface area contributed by atoms with Gasteiger partial charge in [-0.15, -0.1) is 12.4 Å². The summed E-state index contributed by atoms with van der Waals surface area (Å²) < 4.78 is 0. The number of hydrogen-bond acceptors (Lipinski definition) is 3. The van der Waals surface area contributed by atoms with E-state index in [2.05, 4.69) is 12.1 Å². The zero-order chi connectivity index (χ0) is 14.6. The number of likely N-dealkylation sites (tertiary alicyclic amines) is 1.